The summed E-state index contributed by atoms with van der Waals surface area (Å²) in [5.74, 6) is 0.868. The van der Waals surface area contributed by atoms with E-state index in [4.69, 9.17) is 0 Å². The summed E-state index contributed by atoms with van der Waals surface area (Å²) in [6.45, 7) is 10.3. The van der Waals surface area contributed by atoms with Gasteiger partial charge in [-0.2, -0.15) is 0 Å². The molecule has 1 saturated carbocycles. The summed E-state index contributed by atoms with van der Waals surface area (Å²) in [4.78, 5) is 6.93. The highest BCUT2D eigenvalue weighted by Crippen LogP contribution is 2.45. The highest BCUT2D eigenvalue weighted by molar-refractivity contribution is 5.13. The Kier molecular flexibility index (Phi) is 3.14. The highest BCUT2D eigenvalue weighted by atomic mass is 15.3. The molecule has 3 heteroatoms. The number of nitrogens with zero attached hydrogens (tertiary/aromatic N) is 2. The first-order valence-electron chi connectivity index (χ1n) is 7.39. The van der Waals surface area contributed by atoms with Crippen LogP contribution in [-0.2, 0) is 6.54 Å². The van der Waals surface area contributed by atoms with Gasteiger partial charge < -0.3 is 5.32 Å². The lowest BCUT2D eigenvalue weighted by molar-refractivity contribution is 0.00514. The van der Waals surface area contributed by atoms with E-state index in [1.165, 1.54) is 18.4 Å². The monoisotopic (exact) mass is 259 g/mol. The molecule has 3 rings (SSSR count). The fourth-order valence-electron chi connectivity index (χ4n) is 3.30. The normalized spacial score (nSPS) is 31.3. The van der Waals surface area contributed by atoms with Crippen LogP contribution in [0.25, 0.3) is 0 Å². The minimum Gasteiger partial charge on any atom is -0.309 e. The van der Waals surface area contributed by atoms with Crippen molar-refractivity contribution in [3.8, 4) is 0 Å². The van der Waals surface area contributed by atoms with Crippen LogP contribution in [-0.4, -0.2) is 34.1 Å². The first-order valence-corrected chi connectivity index (χ1v) is 7.39. The summed E-state index contributed by atoms with van der Waals surface area (Å²) in [5, 5.41) is 3.73. The molecule has 1 unspecified atom stereocenters. The fraction of sp³-hybridized carbons (Fsp3) is 0.688. The van der Waals surface area contributed by atoms with Crippen molar-refractivity contribution in [1.82, 2.24) is 15.2 Å². The maximum Gasteiger partial charge on any atom is 0.0338 e. The van der Waals surface area contributed by atoms with Crippen LogP contribution in [0.15, 0.2) is 24.5 Å². The average molecular weight is 259 g/mol. The Morgan fingerprint density at radius 1 is 1.37 bits per heavy atom. The third-order valence-corrected chi connectivity index (χ3v) is 4.79. The lowest BCUT2D eigenvalue weighted by Gasteiger charge is -2.52. The molecule has 1 saturated heterocycles. The minimum atomic E-state index is 0.205. The molecule has 1 aromatic rings. The average Bonchev–Trinajstić information content (AvgIpc) is 3.20. The van der Waals surface area contributed by atoms with Gasteiger partial charge in [-0.05, 0) is 51.2 Å². The van der Waals surface area contributed by atoms with Crippen molar-refractivity contribution >= 4 is 0 Å². The molecule has 1 aliphatic carbocycles. The first kappa shape index (κ1) is 13.1. The molecule has 3 nitrogen and oxygen atoms in total. The van der Waals surface area contributed by atoms with Crippen molar-refractivity contribution in [3.63, 3.8) is 0 Å². The molecule has 104 valence electrons. The van der Waals surface area contributed by atoms with Gasteiger partial charge in [0.15, 0.2) is 0 Å². The summed E-state index contributed by atoms with van der Waals surface area (Å²) < 4.78 is 0. The van der Waals surface area contributed by atoms with E-state index in [-0.39, 0.29) is 5.54 Å². The molecule has 19 heavy (non-hydrogen) atoms. The Balaban J connectivity index is 1.81. The third kappa shape index (κ3) is 2.67. The zero-order chi connectivity index (χ0) is 13.5. The van der Waals surface area contributed by atoms with Gasteiger partial charge in [0, 0.05) is 43.1 Å². The van der Waals surface area contributed by atoms with Gasteiger partial charge in [0.25, 0.3) is 0 Å². The van der Waals surface area contributed by atoms with E-state index in [2.05, 4.69) is 42.0 Å². The summed E-state index contributed by atoms with van der Waals surface area (Å²) in [7, 11) is 0. The number of aromatic nitrogens is 1. The second-order valence-electron chi connectivity index (χ2n) is 7.09. The molecule has 1 atom stereocenters. The molecule has 0 aromatic carbocycles. The van der Waals surface area contributed by atoms with E-state index < -0.39 is 0 Å². The molecule has 1 N–H and O–H groups in total. The zero-order valence-electron chi connectivity index (χ0n) is 12.3. The fourth-order valence-corrected chi connectivity index (χ4v) is 3.30. The maximum absolute atomic E-state index is 4.25. The summed E-state index contributed by atoms with van der Waals surface area (Å²) >= 11 is 0. The van der Waals surface area contributed by atoms with Crippen molar-refractivity contribution in [2.75, 3.05) is 13.1 Å². The summed E-state index contributed by atoms with van der Waals surface area (Å²) in [6.07, 6.45) is 6.64. The Morgan fingerprint density at radius 3 is 2.79 bits per heavy atom. The Bertz CT molecular complexity index is 439. The Hall–Kier alpha value is -0.930. The molecule has 0 amide bonds. The Labute approximate surface area is 116 Å². The molecule has 2 fully saturated rings. The lowest BCUT2D eigenvalue weighted by atomic mass is 9.85. The van der Waals surface area contributed by atoms with Crippen LogP contribution in [0.5, 0.6) is 0 Å². The second kappa shape index (κ2) is 4.57. The molecule has 0 radical (unpaired) electrons. The third-order valence-electron chi connectivity index (χ3n) is 4.79. The van der Waals surface area contributed by atoms with Crippen molar-refractivity contribution in [1.29, 1.82) is 0 Å². The Morgan fingerprint density at radius 2 is 2.16 bits per heavy atom. The van der Waals surface area contributed by atoms with Gasteiger partial charge in [-0.3, -0.25) is 9.88 Å². The van der Waals surface area contributed by atoms with Gasteiger partial charge in [0.05, 0.1) is 0 Å². The van der Waals surface area contributed by atoms with Gasteiger partial charge in [-0.1, -0.05) is 6.07 Å². The van der Waals surface area contributed by atoms with Crippen molar-refractivity contribution in [2.24, 2.45) is 5.92 Å². The van der Waals surface area contributed by atoms with Gasteiger partial charge in [0.1, 0.15) is 0 Å². The number of piperazine rings is 1. The lowest BCUT2D eigenvalue weighted by Crippen LogP contribution is -2.67. The van der Waals surface area contributed by atoms with Crippen LogP contribution in [0.2, 0.25) is 0 Å². The summed E-state index contributed by atoms with van der Waals surface area (Å²) in [6, 6.07) is 4.23. The van der Waals surface area contributed by atoms with Crippen molar-refractivity contribution in [3.05, 3.63) is 30.1 Å². The number of rotatable bonds is 3. The summed E-state index contributed by atoms with van der Waals surface area (Å²) in [5.41, 5.74) is 1.84. The van der Waals surface area contributed by atoms with Crippen molar-refractivity contribution < 1.29 is 0 Å². The van der Waals surface area contributed by atoms with E-state index in [9.17, 15) is 0 Å². The van der Waals surface area contributed by atoms with Crippen LogP contribution in [0.3, 0.4) is 0 Å². The largest absolute Gasteiger partial charge is 0.309 e. The van der Waals surface area contributed by atoms with Gasteiger partial charge >= 0.3 is 0 Å². The standard InChI is InChI=1S/C16H25N3/c1-15(2)12-19(10-13-5-4-8-17-9-13)16(3,11-18-15)14-6-7-14/h4-5,8-9,14,18H,6-7,10-12H2,1-3H3. The van der Waals surface area contributed by atoms with E-state index in [1.807, 2.05) is 18.5 Å². The van der Waals surface area contributed by atoms with Crippen LogP contribution in [0, 0.1) is 5.92 Å². The molecule has 1 aliphatic heterocycles. The van der Waals surface area contributed by atoms with Crippen LogP contribution >= 0.6 is 0 Å². The van der Waals surface area contributed by atoms with E-state index in [1.54, 1.807) is 0 Å². The number of hydrogen-bond donors (Lipinski definition) is 1. The van der Waals surface area contributed by atoms with Gasteiger partial charge in [0.2, 0.25) is 0 Å². The maximum atomic E-state index is 4.25. The number of pyridine rings is 1. The van der Waals surface area contributed by atoms with E-state index in [0.29, 0.717) is 5.54 Å². The quantitative estimate of drug-likeness (QED) is 0.903. The zero-order valence-corrected chi connectivity index (χ0v) is 12.3. The predicted molar refractivity (Wildman–Crippen MR) is 77.9 cm³/mol. The predicted octanol–water partition coefficient (Wildman–Crippen LogP) is 2.43. The second-order valence-corrected chi connectivity index (χ2v) is 7.09. The van der Waals surface area contributed by atoms with Crippen LogP contribution < -0.4 is 5.32 Å². The number of nitrogens with one attached hydrogen (secondary N) is 1. The minimum absolute atomic E-state index is 0.205. The van der Waals surface area contributed by atoms with Crippen LogP contribution in [0.1, 0.15) is 39.2 Å². The molecule has 1 aromatic heterocycles. The van der Waals surface area contributed by atoms with E-state index in [0.717, 1.165) is 25.6 Å². The molecule has 2 aliphatic rings. The first-order chi connectivity index (χ1) is 9.00. The molecular weight excluding hydrogens is 234 g/mol. The molecule has 0 bridgehead atoms. The topological polar surface area (TPSA) is 28.2 Å². The highest BCUT2D eigenvalue weighted by Gasteiger charge is 2.49. The molecule has 2 heterocycles. The van der Waals surface area contributed by atoms with Gasteiger partial charge in [-0.25, -0.2) is 0 Å². The molecular formula is C16H25N3. The van der Waals surface area contributed by atoms with Crippen molar-refractivity contribution in [2.45, 2.75) is 51.2 Å². The van der Waals surface area contributed by atoms with Gasteiger partial charge in [-0.15, -0.1) is 0 Å². The van der Waals surface area contributed by atoms with Crippen LogP contribution in [0.4, 0.5) is 0 Å². The van der Waals surface area contributed by atoms with E-state index >= 15 is 0 Å². The smallest absolute Gasteiger partial charge is 0.0338 e. The number of hydrogen-bond acceptors (Lipinski definition) is 3. The SMILES string of the molecule is CC1(C)CN(Cc2cccnc2)C(C)(C2CC2)CN1. The molecule has 0 spiro atoms.